The van der Waals surface area contributed by atoms with Gasteiger partial charge in [-0.15, -0.1) is 11.3 Å². The Morgan fingerprint density at radius 2 is 2.07 bits per heavy atom. The first-order valence-corrected chi connectivity index (χ1v) is 11.3. The molecule has 1 aromatic carbocycles. The van der Waals surface area contributed by atoms with Crippen molar-refractivity contribution in [3.63, 3.8) is 0 Å². The fraction of sp³-hybridized carbons (Fsp3) is 0.500. The quantitative estimate of drug-likeness (QED) is 0.685. The molecular formula is C22H29N3O3S. The van der Waals surface area contributed by atoms with Gasteiger partial charge in [0.25, 0.3) is 0 Å². The number of benzene rings is 1. The average Bonchev–Trinajstić information content (AvgIpc) is 3.51. The lowest BCUT2D eigenvalue weighted by Crippen LogP contribution is -2.48. The molecule has 2 fully saturated rings. The van der Waals surface area contributed by atoms with Gasteiger partial charge in [0.1, 0.15) is 12.4 Å². The van der Waals surface area contributed by atoms with E-state index >= 15 is 0 Å². The third kappa shape index (κ3) is 5.72. The van der Waals surface area contributed by atoms with Crippen LogP contribution in [0.4, 0.5) is 10.5 Å². The van der Waals surface area contributed by atoms with E-state index < -0.39 is 0 Å². The van der Waals surface area contributed by atoms with Crippen LogP contribution in [0, 0.1) is 5.92 Å². The number of amides is 2. The Labute approximate surface area is 176 Å². The maximum atomic E-state index is 12.4. The predicted molar refractivity (Wildman–Crippen MR) is 116 cm³/mol. The highest BCUT2D eigenvalue weighted by Crippen LogP contribution is 2.24. The summed E-state index contributed by atoms with van der Waals surface area (Å²) in [7, 11) is 0. The van der Waals surface area contributed by atoms with Crippen molar-refractivity contribution in [2.45, 2.75) is 31.9 Å². The molecule has 0 saturated carbocycles. The van der Waals surface area contributed by atoms with Crippen molar-refractivity contribution in [1.29, 1.82) is 0 Å². The molecule has 0 bridgehead atoms. The van der Waals surface area contributed by atoms with Crippen molar-refractivity contribution in [3.05, 3.63) is 46.7 Å². The number of anilines is 1. The second-order valence-corrected chi connectivity index (χ2v) is 8.69. The molecule has 2 N–H and O–H groups in total. The molecular weight excluding hydrogens is 386 g/mol. The van der Waals surface area contributed by atoms with E-state index in [2.05, 4.69) is 21.6 Å². The van der Waals surface area contributed by atoms with Gasteiger partial charge in [-0.3, -0.25) is 4.90 Å². The summed E-state index contributed by atoms with van der Waals surface area (Å²) >= 11 is 1.68. The molecule has 2 amide bonds. The van der Waals surface area contributed by atoms with Crippen LogP contribution in [0.25, 0.3) is 0 Å². The number of rotatable bonds is 8. The van der Waals surface area contributed by atoms with Crippen molar-refractivity contribution in [2.75, 3.05) is 38.2 Å². The molecule has 0 radical (unpaired) electrons. The van der Waals surface area contributed by atoms with E-state index in [4.69, 9.17) is 9.47 Å². The van der Waals surface area contributed by atoms with Crippen LogP contribution in [0.15, 0.2) is 41.8 Å². The van der Waals surface area contributed by atoms with E-state index in [1.54, 1.807) is 11.3 Å². The third-order valence-electron chi connectivity index (χ3n) is 5.66. The number of hydrogen-bond donors (Lipinski definition) is 2. The van der Waals surface area contributed by atoms with E-state index in [1.807, 2.05) is 35.7 Å². The molecule has 7 heteroatoms. The van der Waals surface area contributed by atoms with Gasteiger partial charge in [0.15, 0.2) is 0 Å². The van der Waals surface area contributed by atoms with Gasteiger partial charge in [-0.05, 0) is 68.1 Å². The Kier molecular flexibility index (Phi) is 7.03. The van der Waals surface area contributed by atoms with Gasteiger partial charge in [0.05, 0.1) is 6.61 Å². The van der Waals surface area contributed by atoms with Crippen LogP contribution in [0.3, 0.4) is 0 Å². The zero-order valence-electron chi connectivity index (χ0n) is 16.6. The topological polar surface area (TPSA) is 62.8 Å². The number of urea groups is 1. The van der Waals surface area contributed by atoms with Gasteiger partial charge < -0.3 is 20.1 Å². The average molecular weight is 416 g/mol. The smallest absolute Gasteiger partial charge is 0.319 e. The zero-order chi connectivity index (χ0) is 19.9. The number of nitrogens with zero attached hydrogens (tertiary/aromatic N) is 1. The lowest BCUT2D eigenvalue weighted by molar-refractivity contribution is 0.135. The predicted octanol–water partition coefficient (Wildman–Crippen LogP) is 3.95. The van der Waals surface area contributed by atoms with E-state index in [0.29, 0.717) is 25.1 Å². The highest BCUT2D eigenvalue weighted by atomic mass is 32.1. The van der Waals surface area contributed by atoms with E-state index in [-0.39, 0.29) is 6.03 Å². The standard InChI is InChI=1S/C22H29N3O3S/c26-22(23-14-21(17-9-12-27-15-17)25-10-1-2-11-25)24-18-5-7-19(8-6-18)28-16-20-4-3-13-29-20/h3-8,13,17,21H,1-2,9-12,14-16H2,(H2,23,24,26). The van der Waals surface area contributed by atoms with E-state index in [9.17, 15) is 4.79 Å². The molecule has 156 valence electrons. The summed E-state index contributed by atoms with van der Waals surface area (Å²) < 4.78 is 11.4. The van der Waals surface area contributed by atoms with Crippen LogP contribution in [0.5, 0.6) is 5.75 Å². The monoisotopic (exact) mass is 415 g/mol. The molecule has 2 atom stereocenters. The first-order valence-electron chi connectivity index (χ1n) is 10.4. The fourth-order valence-corrected chi connectivity index (χ4v) is 4.70. The normalized spacial score (nSPS) is 20.5. The zero-order valence-corrected chi connectivity index (χ0v) is 17.5. The summed E-state index contributed by atoms with van der Waals surface area (Å²) in [6.45, 7) is 5.10. The minimum atomic E-state index is -0.166. The van der Waals surface area contributed by atoms with Crippen LogP contribution < -0.4 is 15.4 Å². The van der Waals surface area contributed by atoms with Crippen LogP contribution in [0.2, 0.25) is 0 Å². The second-order valence-electron chi connectivity index (χ2n) is 7.66. The number of nitrogens with one attached hydrogen (secondary N) is 2. The fourth-order valence-electron chi connectivity index (χ4n) is 4.08. The molecule has 2 aliphatic rings. The van der Waals surface area contributed by atoms with E-state index in [0.717, 1.165) is 44.2 Å². The number of carbonyl (C=O) groups is 1. The molecule has 4 rings (SSSR count). The lowest BCUT2D eigenvalue weighted by Gasteiger charge is -2.31. The molecule has 2 aliphatic heterocycles. The SMILES string of the molecule is O=C(NCC(C1CCOC1)N1CCCC1)Nc1ccc(OCc2cccs2)cc1. The van der Waals surface area contributed by atoms with Gasteiger partial charge in [0, 0.05) is 35.7 Å². The van der Waals surface area contributed by atoms with Gasteiger partial charge in [-0.25, -0.2) is 4.79 Å². The minimum Gasteiger partial charge on any atom is -0.488 e. The summed E-state index contributed by atoms with van der Waals surface area (Å²) in [6, 6.07) is 11.8. The first kappa shape index (κ1) is 20.2. The molecule has 3 heterocycles. The number of ether oxygens (including phenoxy) is 2. The van der Waals surface area contributed by atoms with Crippen molar-refractivity contribution in [3.8, 4) is 5.75 Å². The highest BCUT2D eigenvalue weighted by Gasteiger charge is 2.32. The first-order chi connectivity index (χ1) is 14.3. The van der Waals surface area contributed by atoms with Crippen LogP contribution in [0.1, 0.15) is 24.1 Å². The second kappa shape index (κ2) is 10.1. The van der Waals surface area contributed by atoms with Gasteiger partial charge in [-0.2, -0.15) is 0 Å². The Morgan fingerprint density at radius 3 is 2.76 bits per heavy atom. The lowest BCUT2D eigenvalue weighted by atomic mass is 9.97. The Hall–Kier alpha value is -2.09. The molecule has 29 heavy (non-hydrogen) atoms. The maximum Gasteiger partial charge on any atom is 0.319 e. The van der Waals surface area contributed by atoms with Gasteiger partial charge >= 0.3 is 6.03 Å². The Bertz CT molecular complexity index is 738. The summed E-state index contributed by atoms with van der Waals surface area (Å²) in [5.41, 5.74) is 0.757. The maximum absolute atomic E-state index is 12.4. The van der Waals surface area contributed by atoms with Gasteiger partial charge in [0.2, 0.25) is 0 Å². The van der Waals surface area contributed by atoms with E-state index in [1.165, 1.54) is 17.7 Å². The van der Waals surface area contributed by atoms with Crippen molar-refractivity contribution in [1.82, 2.24) is 10.2 Å². The number of carbonyl (C=O) groups excluding carboxylic acids is 1. The molecule has 0 aliphatic carbocycles. The summed E-state index contributed by atoms with van der Waals surface area (Å²) in [4.78, 5) is 16.1. The summed E-state index contributed by atoms with van der Waals surface area (Å²) in [5, 5.41) is 8.03. The van der Waals surface area contributed by atoms with Gasteiger partial charge in [-0.1, -0.05) is 6.07 Å². The number of likely N-dealkylation sites (tertiary alicyclic amines) is 1. The van der Waals surface area contributed by atoms with Crippen LogP contribution in [-0.4, -0.2) is 49.8 Å². The summed E-state index contributed by atoms with van der Waals surface area (Å²) in [5.74, 6) is 1.30. The van der Waals surface area contributed by atoms with Crippen LogP contribution >= 0.6 is 11.3 Å². The molecule has 2 saturated heterocycles. The van der Waals surface area contributed by atoms with Crippen LogP contribution in [-0.2, 0) is 11.3 Å². The Balaban J connectivity index is 1.25. The number of thiophene rings is 1. The highest BCUT2D eigenvalue weighted by molar-refractivity contribution is 7.09. The van der Waals surface area contributed by atoms with Crippen molar-refractivity contribution in [2.24, 2.45) is 5.92 Å². The Morgan fingerprint density at radius 1 is 1.24 bits per heavy atom. The molecule has 0 spiro atoms. The summed E-state index contributed by atoms with van der Waals surface area (Å²) in [6.07, 6.45) is 3.58. The third-order valence-corrected chi connectivity index (χ3v) is 6.51. The number of hydrogen-bond acceptors (Lipinski definition) is 5. The van der Waals surface area contributed by atoms with Crippen molar-refractivity contribution >= 4 is 23.1 Å². The molecule has 2 unspecified atom stereocenters. The largest absolute Gasteiger partial charge is 0.488 e. The minimum absolute atomic E-state index is 0.166. The molecule has 2 aromatic rings. The molecule has 1 aromatic heterocycles. The molecule has 6 nitrogen and oxygen atoms in total. The van der Waals surface area contributed by atoms with Crippen molar-refractivity contribution < 1.29 is 14.3 Å².